The molecule has 27 heavy (non-hydrogen) atoms. The highest BCUT2D eigenvalue weighted by Gasteiger charge is 2.23. The Hall–Kier alpha value is -1.96. The number of aromatic nitrogens is 3. The van der Waals surface area contributed by atoms with Crippen LogP contribution in [0.4, 0.5) is 0 Å². The molecule has 1 aliphatic rings. The molecule has 0 atom stereocenters. The van der Waals surface area contributed by atoms with Crippen molar-refractivity contribution in [1.82, 2.24) is 20.1 Å². The lowest BCUT2D eigenvalue weighted by atomic mass is 9.92. The van der Waals surface area contributed by atoms with Crippen LogP contribution in [0.5, 0.6) is 0 Å². The van der Waals surface area contributed by atoms with Gasteiger partial charge in [0.05, 0.1) is 31.2 Å². The van der Waals surface area contributed by atoms with E-state index in [1.54, 1.807) is 30.1 Å². The van der Waals surface area contributed by atoms with Gasteiger partial charge < -0.3 is 14.8 Å². The van der Waals surface area contributed by atoms with E-state index in [9.17, 15) is 4.79 Å². The number of hydrogen-bond acceptors (Lipinski definition) is 5. The molecule has 1 fully saturated rings. The van der Waals surface area contributed by atoms with E-state index in [2.05, 4.69) is 15.4 Å². The molecule has 8 heteroatoms. The minimum atomic E-state index is -0.131. The molecular formula is C19H25ClN4O3. The van der Waals surface area contributed by atoms with Crippen LogP contribution in [0.25, 0.3) is 11.3 Å². The normalized spacial score (nSPS) is 19.8. The van der Waals surface area contributed by atoms with Crippen LogP contribution in [0.3, 0.4) is 0 Å². The van der Waals surface area contributed by atoms with Crippen molar-refractivity contribution in [3.63, 3.8) is 0 Å². The van der Waals surface area contributed by atoms with Crippen molar-refractivity contribution in [3.8, 4) is 11.3 Å². The third-order valence-electron chi connectivity index (χ3n) is 4.71. The van der Waals surface area contributed by atoms with Gasteiger partial charge in [-0.2, -0.15) is 5.10 Å². The smallest absolute Gasteiger partial charge is 0.251 e. The fourth-order valence-electron chi connectivity index (χ4n) is 3.27. The Morgan fingerprint density at radius 1 is 1.30 bits per heavy atom. The van der Waals surface area contributed by atoms with Crippen molar-refractivity contribution in [2.75, 3.05) is 20.3 Å². The van der Waals surface area contributed by atoms with Crippen LogP contribution < -0.4 is 5.32 Å². The first-order valence-electron chi connectivity index (χ1n) is 9.13. The second-order valence-corrected chi connectivity index (χ2v) is 7.16. The van der Waals surface area contributed by atoms with E-state index >= 15 is 0 Å². The van der Waals surface area contributed by atoms with Crippen LogP contribution in [0, 0.1) is 0 Å². The quantitative estimate of drug-likeness (QED) is 0.579. The molecule has 0 radical (unpaired) electrons. The Bertz CT molecular complexity index is 772. The molecule has 7 nitrogen and oxygen atoms in total. The summed E-state index contributed by atoms with van der Waals surface area (Å²) >= 11 is 6.13. The van der Waals surface area contributed by atoms with Crippen LogP contribution in [-0.4, -0.2) is 53.1 Å². The molecule has 0 aromatic carbocycles. The molecule has 1 amide bonds. The summed E-state index contributed by atoms with van der Waals surface area (Å²) in [4.78, 5) is 17.0. The number of aryl methyl sites for hydroxylation is 1. The molecule has 0 aliphatic heterocycles. The average molecular weight is 393 g/mol. The minimum Gasteiger partial charge on any atom is -0.382 e. The van der Waals surface area contributed by atoms with Crippen LogP contribution in [0.15, 0.2) is 24.5 Å². The number of halogens is 1. The molecule has 2 aromatic rings. The van der Waals surface area contributed by atoms with E-state index in [1.807, 2.05) is 13.2 Å². The maximum Gasteiger partial charge on any atom is 0.251 e. The molecule has 1 saturated carbocycles. The Labute approximate surface area is 164 Å². The zero-order valence-corrected chi connectivity index (χ0v) is 16.4. The lowest BCUT2D eigenvalue weighted by molar-refractivity contribution is -0.00408. The zero-order chi connectivity index (χ0) is 19.2. The van der Waals surface area contributed by atoms with Gasteiger partial charge in [-0.25, -0.2) is 4.98 Å². The number of methoxy groups -OCH3 is 1. The van der Waals surface area contributed by atoms with Gasteiger partial charge in [0.1, 0.15) is 5.15 Å². The second-order valence-electron chi connectivity index (χ2n) is 6.78. The third kappa shape index (κ3) is 5.51. The Morgan fingerprint density at radius 3 is 2.74 bits per heavy atom. The van der Waals surface area contributed by atoms with E-state index in [4.69, 9.17) is 21.1 Å². The summed E-state index contributed by atoms with van der Waals surface area (Å²) < 4.78 is 12.5. The van der Waals surface area contributed by atoms with Gasteiger partial charge in [-0.05, 0) is 37.8 Å². The van der Waals surface area contributed by atoms with Gasteiger partial charge in [0, 0.05) is 37.5 Å². The summed E-state index contributed by atoms with van der Waals surface area (Å²) in [5, 5.41) is 7.53. The van der Waals surface area contributed by atoms with Crippen molar-refractivity contribution >= 4 is 17.5 Å². The summed E-state index contributed by atoms with van der Waals surface area (Å²) in [6, 6.07) is 3.49. The highest BCUT2D eigenvalue weighted by Crippen LogP contribution is 2.23. The summed E-state index contributed by atoms with van der Waals surface area (Å²) in [6.45, 7) is 1.23. The molecule has 2 heterocycles. The van der Waals surface area contributed by atoms with Gasteiger partial charge in [0.25, 0.3) is 5.91 Å². The SMILES string of the molecule is COCCO[C@H]1CC[C@H](NC(=O)c2cc(Cl)nc(-c3cnn(C)c3)c2)CC1. The molecule has 0 saturated heterocycles. The first kappa shape index (κ1) is 19.8. The van der Waals surface area contributed by atoms with E-state index in [-0.39, 0.29) is 23.2 Å². The van der Waals surface area contributed by atoms with Crippen molar-refractivity contribution in [3.05, 3.63) is 35.2 Å². The molecule has 0 spiro atoms. The lowest BCUT2D eigenvalue weighted by Crippen LogP contribution is -2.39. The van der Waals surface area contributed by atoms with Crippen molar-refractivity contribution < 1.29 is 14.3 Å². The predicted molar refractivity (Wildman–Crippen MR) is 103 cm³/mol. The van der Waals surface area contributed by atoms with Crippen molar-refractivity contribution in [1.29, 1.82) is 0 Å². The average Bonchev–Trinajstić information content (AvgIpc) is 3.09. The number of carbonyl (C=O) groups excluding carboxylic acids is 1. The van der Waals surface area contributed by atoms with Crippen molar-refractivity contribution in [2.24, 2.45) is 7.05 Å². The van der Waals surface area contributed by atoms with E-state index in [0.29, 0.717) is 24.5 Å². The van der Waals surface area contributed by atoms with Gasteiger partial charge in [0.2, 0.25) is 0 Å². The van der Waals surface area contributed by atoms with Gasteiger partial charge in [-0.1, -0.05) is 11.6 Å². The maximum absolute atomic E-state index is 12.7. The second kappa shape index (κ2) is 9.30. The monoisotopic (exact) mass is 392 g/mol. The summed E-state index contributed by atoms with van der Waals surface area (Å²) in [5.41, 5.74) is 1.96. The van der Waals surface area contributed by atoms with Crippen LogP contribution in [-0.2, 0) is 16.5 Å². The molecule has 146 valence electrons. The molecule has 3 rings (SSSR count). The Kier molecular flexibility index (Phi) is 6.82. The van der Waals surface area contributed by atoms with Crippen LogP contribution in [0.1, 0.15) is 36.0 Å². The number of hydrogen-bond donors (Lipinski definition) is 1. The van der Waals surface area contributed by atoms with E-state index in [0.717, 1.165) is 31.2 Å². The van der Waals surface area contributed by atoms with E-state index < -0.39 is 0 Å². The van der Waals surface area contributed by atoms with Gasteiger partial charge in [-0.15, -0.1) is 0 Å². The Balaban J connectivity index is 1.58. The zero-order valence-electron chi connectivity index (χ0n) is 15.7. The van der Waals surface area contributed by atoms with Crippen LogP contribution >= 0.6 is 11.6 Å². The molecule has 1 aliphatic carbocycles. The number of nitrogens with zero attached hydrogens (tertiary/aromatic N) is 3. The maximum atomic E-state index is 12.7. The lowest BCUT2D eigenvalue weighted by Gasteiger charge is -2.29. The number of nitrogens with one attached hydrogen (secondary N) is 1. The van der Waals surface area contributed by atoms with Gasteiger partial charge >= 0.3 is 0 Å². The third-order valence-corrected chi connectivity index (χ3v) is 4.90. The largest absolute Gasteiger partial charge is 0.382 e. The number of carbonyl (C=O) groups is 1. The molecular weight excluding hydrogens is 368 g/mol. The number of rotatable bonds is 7. The highest BCUT2D eigenvalue weighted by molar-refractivity contribution is 6.30. The number of ether oxygens (including phenoxy) is 2. The first-order valence-corrected chi connectivity index (χ1v) is 9.51. The summed E-state index contributed by atoms with van der Waals surface area (Å²) in [5.74, 6) is -0.131. The summed E-state index contributed by atoms with van der Waals surface area (Å²) in [7, 11) is 3.50. The topological polar surface area (TPSA) is 78.3 Å². The fraction of sp³-hybridized carbons (Fsp3) is 0.526. The number of amides is 1. The highest BCUT2D eigenvalue weighted by atomic mass is 35.5. The molecule has 1 N–H and O–H groups in total. The minimum absolute atomic E-state index is 0.131. The van der Waals surface area contributed by atoms with Crippen LogP contribution in [0.2, 0.25) is 5.15 Å². The predicted octanol–water partition coefficient (Wildman–Crippen LogP) is 2.84. The standard InChI is InChI=1S/C19H25ClN4O3/c1-24-12-14(11-21-24)17-9-13(10-18(20)23-17)19(25)22-15-3-5-16(6-4-15)27-8-7-26-2/h9-12,15-16H,3-8H2,1-2H3,(H,22,25)/t15-,16-. The van der Waals surface area contributed by atoms with Crippen molar-refractivity contribution in [2.45, 2.75) is 37.8 Å². The van der Waals surface area contributed by atoms with Gasteiger partial charge in [0.15, 0.2) is 0 Å². The van der Waals surface area contributed by atoms with Gasteiger partial charge in [-0.3, -0.25) is 9.48 Å². The molecule has 2 aromatic heterocycles. The molecule has 0 bridgehead atoms. The summed E-state index contributed by atoms with van der Waals surface area (Å²) in [6.07, 6.45) is 7.46. The Morgan fingerprint density at radius 2 is 2.07 bits per heavy atom. The fourth-order valence-corrected chi connectivity index (χ4v) is 3.48. The van der Waals surface area contributed by atoms with E-state index in [1.165, 1.54) is 0 Å². The number of pyridine rings is 1. The molecule has 0 unspecified atom stereocenters. The first-order chi connectivity index (χ1) is 13.0.